The number of hydrogen-bond acceptors (Lipinski definition) is 4. The third-order valence-electron chi connectivity index (χ3n) is 0. The molecule has 0 saturated heterocycles. The Morgan fingerprint density at radius 1 is 0.375 bits per heavy atom. The van der Waals surface area contributed by atoms with Crippen LogP contribution in [0.4, 0.5) is 0 Å². The van der Waals surface area contributed by atoms with Crippen molar-refractivity contribution in [3.8, 4) is 0 Å². The van der Waals surface area contributed by atoms with Crippen LogP contribution >= 0.6 is 0 Å². The van der Waals surface area contributed by atoms with Gasteiger partial charge in [0.1, 0.15) is 0 Å². The van der Waals surface area contributed by atoms with E-state index >= 15 is 0 Å². The van der Waals surface area contributed by atoms with Gasteiger partial charge in [0, 0.05) is 0 Å². The van der Waals surface area contributed by atoms with Crippen LogP contribution in [0.25, 0.3) is 0 Å². The summed E-state index contributed by atoms with van der Waals surface area (Å²) in [5.41, 5.74) is 0. The van der Waals surface area contributed by atoms with E-state index in [0.29, 0.717) is 0 Å². The molecule has 0 unspecified atom stereocenters. The van der Waals surface area contributed by atoms with E-state index in [0.717, 1.165) is 0 Å². The van der Waals surface area contributed by atoms with Gasteiger partial charge in [0.05, 0.1) is 0 Å². The van der Waals surface area contributed by atoms with Gasteiger partial charge in [0.15, 0.2) is 0 Å². The zero-order chi connectivity index (χ0) is 14.3. The summed E-state index contributed by atoms with van der Waals surface area (Å²) < 4.78 is 21.3. The molecule has 8 N–H and O–H groups in total. The molecule has 0 aromatic rings. The zero-order valence-electron chi connectivity index (χ0n) is 12.6. The van der Waals surface area contributed by atoms with E-state index in [4.69, 9.17) is 15.8 Å². The molecular formula is C8H36N4Sn4. The van der Waals surface area contributed by atoms with Crippen molar-refractivity contribution in [3.63, 3.8) is 0 Å². The van der Waals surface area contributed by atoms with Crippen LogP contribution in [0.5, 0.6) is 0 Å². The standard InChI is InChI=1S/8CH3.4H2N.4Sn.4H/h8*1H3;4*1H2;;;;;;;;/q;;;;;;;;4*-1;4*+1;;;;. The quantitative estimate of drug-likeness (QED) is 0.268. The van der Waals surface area contributed by atoms with Gasteiger partial charge in [-0.15, -0.1) is 0 Å². The zero-order valence-corrected chi connectivity index (χ0v) is 25.8. The maximum atomic E-state index is 5.32. The van der Waals surface area contributed by atoms with E-state index in [-0.39, 0.29) is 0 Å². The van der Waals surface area contributed by atoms with Crippen LogP contribution in [-0.2, 0) is 0 Å². The van der Waals surface area contributed by atoms with Crippen molar-refractivity contribution in [1.82, 2.24) is 0 Å². The fourth-order valence-corrected chi connectivity index (χ4v) is 0. The second-order valence-electron chi connectivity index (χ2n) is 4.98. The normalized spacial score (nSPS) is 9.00. The van der Waals surface area contributed by atoms with Crippen molar-refractivity contribution in [2.45, 2.75) is 39.5 Å². The molecule has 0 aliphatic heterocycles. The summed E-state index contributed by atoms with van der Waals surface area (Å²) in [5, 5.41) is 0. The SMILES string of the molecule is [CH3][SnH]([CH3])[NH2].[CH3][SnH]([CH3])[NH2].[CH3][SnH]([CH3])[NH2].[CH3][SnH]([CH3])[NH2]. The van der Waals surface area contributed by atoms with Gasteiger partial charge >= 0.3 is 135 Å². The monoisotopic (exact) mass is 668 g/mol. The van der Waals surface area contributed by atoms with Crippen molar-refractivity contribution in [2.24, 2.45) is 15.8 Å². The summed E-state index contributed by atoms with van der Waals surface area (Å²) in [5.74, 6) is 0. The predicted molar refractivity (Wildman–Crippen MR) is 92.3 cm³/mol. The van der Waals surface area contributed by atoms with Gasteiger partial charge in [0.25, 0.3) is 0 Å². The minimum atomic E-state index is -1.14. The van der Waals surface area contributed by atoms with Crippen LogP contribution in [-0.4, -0.2) is 80.1 Å². The van der Waals surface area contributed by atoms with E-state index in [1.54, 1.807) is 0 Å². The topological polar surface area (TPSA) is 104 Å². The van der Waals surface area contributed by atoms with Crippen LogP contribution in [0, 0.1) is 0 Å². The van der Waals surface area contributed by atoms with E-state index in [9.17, 15) is 0 Å². The maximum absolute atomic E-state index is 5.32. The van der Waals surface area contributed by atoms with Crippen LogP contribution in [0.3, 0.4) is 0 Å². The molecule has 0 radical (unpaired) electrons. The molecule has 104 valence electrons. The molecule has 0 rings (SSSR count). The molecule has 0 spiro atoms. The average molecular weight is 663 g/mol. The summed E-state index contributed by atoms with van der Waals surface area (Å²) in [7, 11) is 0. The molecule has 0 bridgehead atoms. The third-order valence-corrected chi connectivity index (χ3v) is 0. The Morgan fingerprint density at radius 3 is 0.375 bits per heavy atom. The van der Waals surface area contributed by atoms with E-state index < -0.39 is 80.1 Å². The van der Waals surface area contributed by atoms with E-state index in [1.807, 2.05) is 0 Å². The first kappa shape index (κ1) is 27.4. The first-order chi connectivity index (χ1) is 6.93. The first-order valence-corrected chi connectivity index (χ1v) is 39.9. The van der Waals surface area contributed by atoms with Crippen LogP contribution in [0.1, 0.15) is 0 Å². The molecule has 0 aliphatic carbocycles. The molecule has 0 atom stereocenters. The minimum absolute atomic E-state index is 1.14. The van der Waals surface area contributed by atoms with Crippen molar-refractivity contribution in [2.75, 3.05) is 0 Å². The van der Waals surface area contributed by atoms with Gasteiger partial charge in [-0.2, -0.15) is 0 Å². The molecule has 16 heavy (non-hydrogen) atoms. The molecule has 0 aromatic heterocycles. The van der Waals surface area contributed by atoms with Crippen molar-refractivity contribution in [1.29, 1.82) is 0 Å². The second kappa shape index (κ2) is 23.2. The summed E-state index contributed by atoms with van der Waals surface area (Å²) in [6.45, 7) is 0. The summed E-state index contributed by atoms with van der Waals surface area (Å²) >= 11 is -4.55. The molecule has 4 nitrogen and oxygen atoms in total. The summed E-state index contributed by atoms with van der Waals surface area (Å²) in [4.78, 5) is 17.2. The molecule has 0 fully saturated rings. The summed E-state index contributed by atoms with van der Waals surface area (Å²) in [6, 6.07) is 0. The predicted octanol–water partition coefficient (Wildman–Crippen LogP) is -0.286. The van der Waals surface area contributed by atoms with E-state index in [1.165, 1.54) is 0 Å². The van der Waals surface area contributed by atoms with Crippen LogP contribution < -0.4 is 15.8 Å². The van der Waals surface area contributed by atoms with Crippen molar-refractivity contribution < 1.29 is 0 Å². The second-order valence-corrected chi connectivity index (χ2v) is 33.4. The Labute approximate surface area is 133 Å². The molecule has 0 amide bonds. The third kappa shape index (κ3) is 476. The Hall–Kier alpha value is 3.03. The average Bonchev–Trinajstić information content (AvgIpc) is 1.76. The van der Waals surface area contributed by atoms with Crippen molar-refractivity contribution in [3.05, 3.63) is 0 Å². The van der Waals surface area contributed by atoms with Crippen LogP contribution in [0.2, 0.25) is 39.5 Å². The van der Waals surface area contributed by atoms with Gasteiger partial charge in [-0.25, -0.2) is 0 Å². The molecule has 0 aliphatic rings. The Kier molecular flexibility index (Phi) is 39.6. The van der Waals surface area contributed by atoms with Gasteiger partial charge in [-0.3, -0.25) is 0 Å². The fraction of sp³-hybridized carbons (Fsp3) is 1.00. The van der Waals surface area contributed by atoms with Gasteiger partial charge in [-0.1, -0.05) is 0 Å². The number of hydrogen-bond donors (Lipinski definition) is 4. The van der Waals surface area contributed by atoms with E-state index in [2.05, 4.69) is 39.5 Å². The molecule has 0 heterocycles. The Balaban J connectivity index is -0.0000000600. The van der Waals surface area contributed by atoms with Gasteiger partial charge in [0.2, 0.25) is 0 Å². The summed E-state index contributed by atoms with van der Waals surface area (Å²) in [6.07, 6.45) is 0. The molecule has 0 aromatic carbocycles. The Morgan fingerprint density at radius 2 is 0.375 bits per heavy atom. The van der Waals surface area contributed by atoms with Gasteiger partial charge in [-0.05, 0) is 0 Å². The molecular weight excluding hydrogens is 627 g/mol. The number of nitrogens with two attached hydrogens (primary N) is 4. The van der Waals surface area contributed by atoms with Gasteiger partial charge < -0.3 is 0 Å². The van der Waals surface area contributed by atoms with Crippen LogP contribution in [0.15, 0.2) is 0 Å². The first-order valence-electron chi connectivity index (χ1n) is 5.95. The van der Waals surface area contributed by atoms with Crippen molar-refractivity contribution >= 4 is 80.1 Å². The molecule has 0 saturated carbocycles. The number of rotatable bonds is 0. The molecule has 8 heteroatoms. The Bertz CT molecular complexity index is 67.0. The fourth-order valence-electron chi connectivity index (χ4n) is 0.